The van der Waals surface area contributed by atoms with Crippen LogP contribution in [0.4, 0.5) is 13.2 Å². The first-order valence-corrected chi connectivity index (χ1v) is 31.4. The van der Waals surface area contributed by atoms with E-state index in [1.165, 1.54) is 89.7 Å². The van der Waals surface area contributed by atoms with Crippen molar-refractivity contribution >= 4 is 65.0 Å². The van der Waals surface area contributed by atoms with E-state index in [0.717, 1.165) is 46.8 Å². The molecule has 0 aromatic rings. The minimum Gasteiger partial charge on any atom is -0.351 e. The zero-order valence-electron chi connectivity index (χ0n) is 55.2. The van der Waals surface area contributed by atoms with Crippen LogP contribution in [0.3, 0.4) is 0 Å². The first-order chi connectivity index (χ1) is 40.3. The zero-order valence-corrected chi connectivity index (χ0v) is 55.2. The number of rotatable bonds is 11. The largest absolute Gasteiger partial charge is 0.391 e. The second-order valence-electron chi connectivity index (χ2n) is 26.8. The molecular weight excluding hydrogens is 1130 g/mol. The maximum Gasteiger partial charge on any atom is 0.391 e. The summed E-state index contributed by atoms with van der Waals surface area (Å²) in [5.74, 6) is -9.38. The summed E-state index contributed by atoms with van der Waals surface area (Å²) in [6.45, 7) is 15.4. The van der Waals surface area contributed by atoms with Crippen molar-refractivity contribution < 1.29 is 65.9 Å². The lowest BCUT2D eigenvalue weighted by Gasteiger charge is -2.38. The number of hydrogen-bond acceptors (Lipinski definition) is 11. The van der Waals surface area contributed by atoms with E-state index in [9.17, 15) is 65.9 Å². The fourth-order valence-corrected chi connectivity index (χ4v) is 12.0. The normalized spacial score (nSPS) is 28.2. The van der Waals surface area contributed by atoms with E-state index in [4.69, 9.17) is 0 Å². The van der Waals surface area contributed by atoms with Gasteiger partial charge in [-0.05, 0) is 115 Å². The topological polar surface area (TPSA) is 259 Å². The number of alkyl halides is 3. The summed E-state index contributed by atoms with van der Waals surface area (Å²) >= 11 is 0. The van der Waals surface area contributed by atoms with E-state index in [1.807, 2.05) is 34.6 Å². The first-order valence-electron chi connectivity index (χ1n) is 31.4. The van der Waals surface area contributed by atoms with Gasteiger partial charge in [-0.2, -0.15) is 13.2 Å². The maximum atomic E-state index is 14.9. The Morgan fingerprint density at radius 1 is 0.540 bits per heavy atom. The lowest BCUT2D eigenvalue weighted by molar-refractivity contribution is -0.184. The van der Waals surface area contributed by atoms with Gasteiger partial charge in [-0.15, -0.1) is 0 Å². The number of carbonyl (C=O) groups excluding carboxylic acids is 11. The number of carbonyl (C=O) groups is 11. The van der Waals surface area contributed by atoms with Crippen LogP contribution in [0.15, 0.2) is 0 Å². The highest BCUT2D eigenvalue weighted by Gasteiger charge is 2.44. The van der Waals surface area contributed by atoms with Gasteiger partial charge in [-0.25, -0.2) is 0 Å². The Morgan fingerprint density at radius 3 is 1.62 bits per heavy atom. The van der Waals surface area contributed by atoms with Gasteiger partial charge < -0.3 is 55.6 Å². The highest BCUT2D eigenvalue weighted by Crippen LogP contribution is 2.41. The van der Waals surface area contributed by atoms with Crippen LogP contribution in [0, 0.1) is 35.5 Å². The quantitative estimate of drug-likeness (QED) is 0.220. The molecule has 2 saturated carbocycles. The molecule has 0 aromatic carbocycles. The Hall–Kier alpha value is -6.04. The minimum atomic E-state index is -4.34. The average Bonchev–Trinajstić information content (AvgIpc) is 1.57. The predicted octanol–water partition coefficient (Wildman–Crippen LogP) is 4.72. The van der Waals surface area contributed by atoms with Crippen LogP contribution in [0.5, 0.6) is 0 Å². The molecule has 0 radical (unpaired) electrons. The van der Waals surface area contributed by atoms with Crippen LogP contribution < -0.4 is 21.3 Å². The Balaban J connectivity index is 2.15. The number of amides is 11. The summed E-state index contributed by atoms with van der Waals surface area (Å²) in [6, 6.07) is -7.76. The lowest BCUT2D eigenvalue weighted by Crippen LogP contribution is -2.63. The average molecular weight is 1240 g/mol. The number of nitrogens with zero attached hydrogens (tertiary/aromatic N) is 7. The molecule has 1 aliphatic heterocycles. The molecular formula is C62H106F3N11O11. The number of hydrogen-bond donors (Lipinski definition) is 4. The fraction of sp³-hybridized carbons (Fsp3) is 0.823. The van der Waals surface area contributed by atoms with Gasteiger partial charge in [0.1, 0.15) is 41.8 Å². The van der Waals surface area contributed by atoms with Crippen molar-refractivity contribution in [1.82, 2.24) is 55.6 Å². The van der Waals surface area contributed by atoms with Crippen molar-refractivity contribution in [3.05, 3.63) is 0 Å². The van der Waals surface area contributed by atoms with Gasteiger partial charge in [0.2, 0.25) is 65.0 Å². The Kier molecular flexibility index (Phi) is 29.0. The minimum absolute atomic E-state index is 0.0205. The van der Waals surface area contributed by atoms with Crippen molar-refractivity contribution in [2.24, 2.45) is 35.5 Å². The molecule has 496 valence electrons. The highest BCUT2D eigenvalue weighted by molar-refractivity contribution is 5.98. The van der Waals surface area contributed by atoms with Crippen molar-refractivity contribution in [3.63, 3.8) is 0 Å². The second kappa shape index (κ2) is 33.5. The Labute approximate surface area is 515 Å². The van der Waals surface area contributed by atoms with Crippen LogP contribution in [0.2, 0.25) is 0 Å². The summed E-state index contributed by atoms with van der Waals surface area (Å²) in [4.78, 5) is 165. The van der Waals surface area contributed by atoms with E-state index >= 15 is 0 Å². The van der Waals surface area contributed by atoms with Crippen LogP contribution >= 0.6 is 0 Å². The molecule has 4 N–H and O–H groups in total. The molecule has 0 spiro atoms. The number of likely N-dealkylation sites (N-methyl/N-ethyl adjacent to an activating group) is 7. The molecule has 3 rings (SSSR count). The monoisotopic (exact) mass is 1240 g/mol. The van der Waals surface area contributed by atoms with E-state index in [1.54, 1.807) is 13.8 Å². The van der Waals surface area contributed by atoms with Crippen molar-refractivity contribution in [2.75, 3.05) is 69.0 Å². The molecule has 3 aliphatic rings. The molecule has 11 amide bonds. The number of nitrogens with one attached hydrogen (secondary N) is 4. The summed E-state index contributed by atoms with van der Waals surface area (Å²) in [7, 11) is 9.85. The van der Waals surface area contributed by atoms with Crippen LogP contribution in [0.1, 0.15) is 172 Å². The third-order valence-electron chi connectivity index (χ3n) is 18.1. The van der Waals surface area contributed by atoms with Crippen LogP contribution in [-0.4, -0.2) is 222 Å². The Morgan fingerprint density at radius 2 is 1.08 bits per heavy atom. The molecule has 8 atom stereocenters. The fourth-order valence-electron chi connectivity index (χ4n) is 12.0. The predicted molar refractivity (Wildman–Crippen MR) is 323 cm³/mol. The standard InChI is InChI=1S/C62H106F3N11O11/c1-18-39(6)53-59(86)72(13)35-51(79)70(11)36-52(80)74(15)48(33-43-22-20-19-21-23-43)58(85)71(12)34-49(77)67-45(29-26-42-24-27-44(28-25-42)62(63,64)65)57(84)75(16)47(31-38(4)5)56(83)69-61(9,10)60(87)76(17)46(30-37(2)3)55(82)66-40(7)32-50(78)73(14)41(8)54(81)68-53/h37-48,53H,18-36H2,1-17H3,(H,66,82)(H,67,77)(H,68,81)(H,69,83)/t39-,40+,41-,42?,44?,45-,46-,47-,48-,53-/m0/s1. The third kappa shape index (κ3) is 22.2. The van der Waals surface area contributed by atoms with E-state index < -0.39 is 150 Å². The van der Waals surface area contributed by atoms with Gasteiger partial charge in [0, 0.05) is 61.8 Å². The van der Waals surface area contributed by atoms with Gasteiger partial charge in [0.25, 0.3) is 0 Å². The van der Waals surface area contributed by atoms with Gasteiger partial charge in [0.15, 0.2) is 0 Å². The zero-order chi connectivity index (χ0) is 66.2. The van der Waals surface area contributed by atoms with E-state index in [2.05, 4.69) is 21.3 Å². The van der Waals surface area contributed by atoms with Crippen molar-refractivity contribution in [3.8, 4) is 0 Å². The molecule has 22 nitrogen and oxygen atoms in total. The van der Waals surface area contributed by atoms with Crippen molar-refractivity contribution in [2.45, 2.75) is 226 Å². The smallest absolute Gasteiger partial charge is 0.351 e. The maximum absolute atomic E-state index is 14.9. The molecule has 2 aliphatic carbocycles. The first kappa shape index (κ1) is 75.2. The second-order valence-corrected chi connectivity index (χ2v) is 26.8. The molecule has 0 aromatic heterocycles. The van der Waals surface area contributed by atoms with Gasteiger partial charge in [-0.1, -0.05) is 80.1 Å². The van der Waals surface area contributed by atoms with E-state index in [-0.39, 0.29) is 87.9 Å². The molecule has 25 heteroatoms. The van der Waals surface area contributed by atoms with Crippen LogP contribution in [0.25, 0.3) is 0 Å². The molecule has 87 heavy (non-hydrogen) atoms. The lowest BCUT2D eigenvalue weighted by atomic mass is 9.79. The van der Waals surface area contributed by atoms with Gasteiger partial charge in [0.05, 0.1) is 25.6 Å². The molecule has 1 saturated heterocycles. The van der Waals surface area contributed by atoms with Gasteiger partial charge >= 0.3 is 6.18 Å². The van der Waals surface area contributed by atoms with Crippen molar-refractivity contribution in [1.29, 1.82) is 0 Å². The van der Waals surface area contributed by atoms with Gasteiger partial charge in [-0.3, -0.25) is 52.7 Å². The summed E-state index contributed by atoms with van der Waals surface area (Å²) < 4.78 is 41.1. The summed E-state index contributed by atoms with van der Waals surface area (Å²) in [5.41, 5.74) is -1.69. The molecule has 0 bridgehead atoms. The van der Waals surface area contributed by atoms with E-state index in [0.29, 0.717) is 6.42 Å². The summed E-state index contributed by atoms with van der Waals surface area (Å²) in [5, 5.41) is 11.2. The molecule has 0 unspecified atom stereocenters. The number of halogens is 3. The third-order valence-corrected chi connectivity index (χ3v) is 18.1. The van der Waals surface area contributed by atoms with Crippen LogP contribution in [-0.2, 0) is 52.7 Å². The summed E-state index contributed by atoms with van der Waals surface area (Å²) in [6.07, 6.45) is 1.36. The highest BCUT2D eigenvalue weighted by atomic mass is 19.4. The molecule has 3 fully saturated rings. The Bertz CT molecular complexity index is 2400. The molecule has 1 heterocycles. The SMILES string of the molecule is CC[C@H](C)[C@@H]1NC(=O)[C@H](C)N(C)C(=O)C[C@@H](C)NC(=O)[C@H](CC(C)C)N(C)C(=O)C(C)(C)NC(=O)[C@H](CC(C)C)N(C)C(=O)[C@H](CCC2CCC(C(F)(F)F)CC2)NC(=O)CN(C)C(=O)[C@H](CC2CCCCC2)N(C)C(=O)CN(C)C(=O)CN(C)C1=O.